The van der Waals surface area contributed by atoms with Gasteiger partial charge in [-0.3, -0.25) is 10.0 Å². The first kappa shape index (κ1) is 23.2. The normalized spacial score (nSPS) is 12.4. The summed E-state index contributed by atoms with van der Waals surface area (Å²) in [5.74, 6) is -0.0168. The topological polar surface area (TPSA) is 92.7 Å². The number of hydrogen-bond donors (Lipinski definition) is 2. The van der Waals surface area contributed by atoms with Crippen molar-refractivity contribution in [1.29, 1.82) is 0 Å². The highest BCUT2D eigenvalue weighted by atomic mass is 32.2. The predicted octanol–water partition coefficient (Wildman–Crippen LogP) is 4.15. The molecule has 0 fully saturated rings. The van der Waals surface area contributed by atoms with Gasteiger partial charge in [-0.25, -0.2) is 13.9 Å². The molecule has 3 aromatic carbocycles. The van der Waals surface area contributed by atoms with Crippen LogP contribution in [-0.2, 0) is 21.1 Å². The summed E-state index contributed by atoms with van der Waals surface area (Å²) in [7, 11) is -2.30. The van der Waals surface area contributed by atoms with Crippen LogP contribution in [-0.4, -0.2) is 31.9 Å². The van der Waals surface area contributed by atoms with Crippen molar-refractivity contribution in [3.05, 3.63) is 95.6 Å². The fraction of sp³-hybridized carbons (Fsp3) is 0.160. The molecule has 0 spiro atoms. The van der Waals surface area contributed by atoms with E-state index in [0.717, 1.165) is 16.9 Å². The maximum absolute atomic E-state index is 13.6. The van der Waals surface area contributed by atoms with Crippen molar-refractivity contribution in [1.82, 2.24) is 5.48 Å². The number of hydroxylamine groups is 1. The molecule has 0 saturated carbocycles. The van der Waals surface area contributed by atoms with Crippen molar-refractivity contribution in [3.63, 3.8) is 0 Å². The first-order valence-electron chi connectivity index (χ1n) is 10.1. The number of carbonyl (C=O) groups excluding carboxylic acids is 1. The van der Waals surface area contributed by atoms with E-state index in [1.165, 1.54) is 6.07 Å². The van der Waals surface area contributed by atoms with Crippen LogP contribution >= 0.6 is 0 Å². The maximum Gasteiger partial charge on any atom is 0.244 e. The van der Waals surface area contributed by atoms with E-state index in [-0.39, 0.29) is 17.7 Å². The van der Waals surface area contributed by atoms with Crippen molar-refractivity contribution in [2.45, 2.75) is 23.0 Å². The molecule has 0 saturated heterocycles. The third kappa shape index (κ3) is 5.84. The highest BCUT2D eigenvalue weighted by molar-refractivity contribution is 7.92. The molecule has 2 N–H and O–H groups in total. The number of sulfone groups is 1. The van der Waals surface area contributed by atoms with Crippen LogP contribution in [0.15, 0.2) is 83.8 Å². The highest BCUT2D eigenvalue weighted by Gasteiger charge is 2.31. The minimum absolute atomic E-state index is 0.136. The van der Waals surface area contributed by atoms with E-state index in [1.807, 2.05) is 60.7 Å². The largest absolute Gasteiger partial charge is 0.497 e. The lowest BCUT2D eigenvalue weighted by Gasteiger charge is -2.18. The molecule has 0 aliphatic carbocycles. The zero-order valence-corrected chi connectivity index (χ0v) is 18.5. The Labute approximate surface area is 188 Å². The molecule has 7 heteroatoms. The maximum atomic E-state index is 13.6. The average Bonchev–Trinajstić information content (AvgIpc) is 2.83. The summed E-state index contributed by atoms with van der Waals surface area (Å²) in [6.45, 7) is 0. The first-order valence-corrected chi connectivity index (χ1v) is 11.6. The van der Waals surface area contributed by atoms with Gasteiger partial charge in [-0.15, -0.1) is 0 Å². The fourth-order valence-electron chi connectivity index (χ4n) is 3.38. The van der Waals surface area contributed by atoms with Gasteiger partial charge in [-0.05, 0) is 41.3 Å². The zero-order valence-electron chi connectivity index (χ0n) is 17.6. The van der Waals surface area contributed by atoms with Crippen LogP contribution < -0.4 is 10.2 Å². The Kier molecular flexibility index (Phi) is 7.81. The fourth-order valence-corrected chi connectivity index (χ4v) is 5.25. The van der Waals surface area contributed by atoms with Gasteiger partial charge in [0.2, 0.25) is 5.91 Å². The van der Waals surface area contributed by atoms with E-state index < -0.39 is 21.0 Å². The van der Waals surface area contributed by atoms with Crippen molar-refractivity contribution in [3.8, 4) is 5.75 Å². The molecule has 0 heterocycles. The summed E-state index contributed by atoms with van der Waals surface area (Å²) in [5, 5.41) is 7.94. The smallest absolute Gasteiger partial charge is 0.244 e. The van der Waals surface area contributed by atoms with Crippen LogP contribution in [0, 0.1) is 0 Å². The number of ether oxygens (including phenoxy) is 1. The van der Waals surface area contributed by atoms with Gasteiger partial charge < -0.3 is 4.74 Å². The van der Waals surface area contributed by atoms with E-state index in [0.29, 0.717) is 5.56 Å². The molecular weight excluding hydrogens is 426 g/mol. The van der Waals surface area contributed by atoms with Crippen LogP contribution in [0.3, 0.4) is 0 Å². The lowest BCUT2D eigenvalue weighted by atomic mass is 10.1. The molecule has 1 amide bonds. The molecule has 0 aliphatic rings. The second-order valence-electron chi connectivity index (χ2n) is 7.24. The lowest BCUT2D eigenvalue weighted by Crippen LogP contribution is -2.32. The van der Waals surface area contributed by atoms with Gasteiger partial charge in [0.25, 0.3) is 0 Å². The molecule has 0 aliphatic heterocycles. The van der Waals surface area contributed by atoms with E-state index >= 15 is 0 Å². The second kappa shape index (κ2) is 10.7. The summed E-state index contributed by atoms with van der Waals surface area (Å²) in [5.41, 5.74) is 3.74. The monoisotopic (exact) mass is 451 g/mol. The van der Waals surface area contributed by atoms with Crippen LogP contribution in [0.25, 0.3) is 12.2 Å². The molecule has 0 bridgehead atoms. The Bertz CT molecular complexity index is 1170. The molecule has 1 atom stereocenters. The second-order valence-corrected chi connectivity index (χ2v) is 9.44. The summed E-state index contributed by atoms with van der Waals surface area (Å²) in [6, 6.07) is 23.2. The number of methoxy groups -OCH3 is 1. The molecule has 3 rings (SSSR count). The number of hydrogen-bond acceptors (Lipinski definition) is 5. The number of nitrogens with one attached hydrogen (secondary N) is 1. The van der Waals surface area contributed by atoms with E-state index in [2.05, 4.69) is 0 Å². The van der Waals surface area contributed by atoms with Crippen LogP contribution in [0.1, 0.15) is 23.1 Å². The predicted molar refractivity (Wildman–Crippen MR) is 124 cm³/mol. The van der Waals surface area contributed by atoms with Crippen molar-refractivity contribution in [2.75, 3.05) is 7.11 Å². The zero-order chi connectivity index (χ0) is 23.0. The molecule has 166 valence electrons. The minimum atomic E-state index is -3.89. The molecule has 3 aromatic rings. The minimum Gasteiger partial charge on any atom is -0.497 e. The van der Waals surface area contributed by atoms with Crippen LogP contribution in [0.2, 0.25) is 0 Å². The van der Waals surface area contributed by atoms with Crippen LogP contribution in [0.5, 0.6) is 5.75 Å². The van der Waals surface area contributed by atoms with Gasteiger partial charge in [-0.2, -0.15) is 0 Å². The third-order valence-electron chi connectivity index (χ3n) is 5.08. The van der Waals surface area contributed by atoms with Gasteiger partial charge in [-0.1, -0.05) is 72.8 Å². The van der Waals surface area contributed by atoms with Gasteiger partial charge >= 0.3 is 0 Å². The summed E-state index contributed by atoms with van der Waals surface area (Å²) in [6.07, 6.45) is 3.35. The molecule has 0 radical (unpaired) electrons. The van der Waals surface area contributed by atoms with E-state index in [4.69, 9.17) is 9.94 Å². The Balaban J connectivity index is 1.95. The highest BCUT2D eigenvalue weighted by Crippen LogP contribution is 2.26. The Morgan fingerprint density at radius 1 is 0.969 bits per heavy atom. The number of carbonyl (C=O) groups is 1. The first-order chi connectivity index (χ1) is 15.4. The SMILES string of the molecule is COc1ccc(C=Cc2ccccc2S(=O)(=O)C(CC(=O)NO)Cc2ccccc2)cc1. The molecule has 32 heavy (non-hydrogen) atoms. The third-order valence-corrected chi connectivity index (χ3v) is 7.28. The molecule has 6 nitrogen and oxygen atoms in total. The molecule has 0 aromatic heterocycles. The van der Waals surface area contributed by atoms with Gasteiger partial charge in [0, 0.05) is 6.42 Å². The quantitative estimate of drug-likeness (QED) is 0.290. The Morgan fingerprint density at radius 3 is 2.28 bits per heavy atom. The van der Waals surface area contributed by atoms with Crippen molar-refractivity contribution < 1.29 is 23.2 Å². The van der Waals surface area contributed by atoms with Crippen LogP contribution in [0.4, 0.5) is 0 Å². The number of rotatable bonds is 9. The van der Waals surface area contributed by atoms with Gasteiger partial charge in [0.1, 0.15) is 5.75 Å². The summed E-state index contributed by atoms with van der Waals surface area (Å²) >= 11 is 0. The van der Waals surface area contributed by atoms with Gasteiger partial charge in [0.15, 0.2) is 9.84 Å². The summed E-state index contributed by atoms with van der Waals surface area (Å²) in [4.78, 5) is 12.0. The number of amides is 1. The van der Waals surface area contributed by atoms with E-state index in [9.17, 15) is 13.2 Å². The summed E-state index contributed by atoms with van der Waals surface area (Å²) < 4.78 is 32.3. The number of benzene rings is 3. The van der Waals surface area contributed by atoms with E-state index in [1.54, 1.807) is 36.9 Å². The lowest BCUT2D eigenvalue weighted by molar-refractivity contribution is -0.129. The van der Waals surface area contributed by atoms with Gasteiger partial charge in [0.05, 0.1) is 17.3 Å². The Morgan fingerprint density at radius 2 is 1.62 bits per heavy atom. The molecular formula is C25H25NO5S. The average molecular weight is 452 g/mol. The standard InChI is InChI=1S/C25H25NO5S/c1-31-22-15-12-19(13-16-22)11-14-21-9-5-6-10-24(21)32(29,30)23(18-25(27)26-28)17-20-7-3-2-4-8-20/h2-16,23,28H,17-18H2,1H3,(H,26,27). The van der Waals surface area contributed by atoms with Crippen molar-refractivity contribution >= 4 is 27.9 Å². The van der Waals surface area contributed by atoms with Crippen molar-refractivity contribution in [2.24, 2.45) is 0 Å². The molecule has 1 unspecified atom stereocenters. The Hall–Kier alpha value is -3.42.